The average Bonchev–Trinajstić information content (AvgIpc) is 2.97. The number of amides is 1. The van der Waals surface area contributed by atoms with Crippen LogP contribution in [0.25, 0.3) is 0 Å². The van der Waals surface area contributed by atoms with Crippen LogP contribution >= 0.6 is 0 Å². The fourth-order valence-electron chi connectivity index (χ4n) is 2.03. The molecular weight excluding hydrogens is 346 g/mol. The van der Waals surface area contributed by atoms with E-state index in [1.54, 1.807) is 24.3 Å². The third-order valence-corrected chi connectivity index (χ3v) is 5.28. The summed E-state index contributed by atoms with van der Waals surface area (Å²) in [5.74, 6) is 0.168. The van der Waals surface area contributed by atoms with E-state index in [4.69, 9.17) is 14.9 Å². The number of nitrogens with two attached hydrogens (primary N) is 1. The van der Waals surface area contributed by atoms with Gasteiger partial charge < -0.3 is 20.2 Å². The maximum atomic E-state index is 12.3. The SMILES string of the molecule is Cc1oc(C(=O)Nc2ccc(OCCN)cc2)cc1S(=O)(=O)N(C)C. The number of carbonyl (C=O) groups excluding carboxylic acids is 1. The van der Waals surface area contributed by atoms with Gasteiger partial charge in [0.25, 0.3) is 5.91 Å². The molecule has 2 aromatic rings. The number of hydrogen-bond acceptors (Lipinski definition) is 6. The maximum absolute atomic E-state index is 12.3. The molecule has 0 spiro atoms. The second-order valence-electron chi connectivity index (χ2n) is 5.43. The molecular formula is C16H21N3O5S. The van der Waals surface area contributed by atoms with E-state index in [1.165, 1.54) is 27.1 Å². The first-order valence-electron chi connectivity index (χ1n) is 7.53. The molecule has 0 aliphatic carbocycles. The van der Waals surface area contributed by atoms with Gasteiger partial charge in [0.05, 0.1) is 0 Å². The smallest absolute Gasteiger partial charge is 0.291 e. The lowest BCUT2D eigenvalue weighted by molar-refractivity contribution is 0.0995. The van der Waals surface area contributed by atoms with Gasteiger partial charge in [-0.05, 0) is 31.2 Å². The van der Waals surface area contributed by atoms with Crippen LogP contribution in [0.2, 0.25) is 0 Å². The van der Waals surface area contributed by atoms with E-state index in [1.807, 2.05) is 0 Å². The molecule has 0 saturated carbocycles. The third kappa shape index (κ3) is 4.38. The Hall–Kier alpha value is -2.36. The lowest BCUT2D eigenvalue weighted by atomic mass is 10.3. The van der Waals surface area contributed by atoms with Crippen molar-refractivity contribution >= 4 is 21.6 Å². The second kappa shape index (κ2) is 7.68. The van der Waals surface area contributed by atoms with Gasteiger partial charge >= 0.3 is 0 Å². The number of hydrogen-bond donors (Lipinski definition) is 2. The molecule has 1 amide bonds. The predicted molar refractivity (Wildman–Crippen MR) is 93.3 cm³/mol. The van der Waals surface area contributed by atoms with Gasteiger partial charge in [0, 0.05) is 32.4 Å². The molecule has 2 rings (SSSR count). The fourth-order valence-corrected chi connectivity index (χ4v) is 3.09. The summed E-state index contributed by atoms with van der Waals surface area (Å²) >= 11 is 0. The van der Waals surface area contributed by atoms with Gasteiger partial charge in [-0.1, -0.05) is 0 Å². The maximum Gasteiger partial charge on any atom is 0.291 e. The summed E-state index contributed by atoms with van der Waals surface area (Å²) < 4.78 is 36.1. The molecule has 0 saturated heterocycles. The van der Waals surface area contributed by atoms with E-state index in [0.29, 0.717) is 24.6 Å². The van der Waals surface area contributed by atoms with Gasteiger partial charge in [0.2, 0.25) is 10.0 Å². The number of benzene rings is 1. The van der Waals surface area contributed by atoms with Crippen molar-refractivity contribution in [2.24, 2.45) is 5.73 Å². The molecule has 0 atom stereocenters. The van der Waals surface area contributed by atoms with E-state index < -0.39 is 15.9 Å². The molecule has 1 heterocycles. The van der Waals surface area contributed by atoms with Crippen molar-refractivity contribution in [3.63, 3.8) is 0 Å². The van der Waals surface area contributed by atoms with Crippen molar-refractivity contribution in [1.82, 2.24) is 4.31 Å². The van der Waals surface area contributed by atoms with E-state index in [-0.39, 0.29) is 16.4 Å². The Morgan fingerprint density at radius 1 is 1.28 bits per heavy atom. The van der Waals surface area contributed by atoms with Gasteiger partial charge in [-0.3, -0.25) is 4.79 Å². The lowest BCUT2D eigenvalue weighted by Crippen LogP contribution is -2.22. The molecule has 8 nitrogen and oxygen atoms in total. The van der Waals surface area contributed by atoms with Crippen molar-refractivity contribution < 1.29 is 22.4 Å². The summed E-state index contributed by atoms with van der Waals surface area (Å²) in [5.41, 5.74) is 5.89. The lowest BCUT2D eigenvalue weighted by Gasteiger charge is -2.09. The van der Waals surface area contributed by atoms with E-state index in [0.717, 1.165) is 4.31 Å². The highest BCUT2D eigenvalue weighted by molar-refractivity contribution is 7.89. The largest absolute Gasteiger partial charge is 0.492 e. The normalized spacial score (nSPS) is 11.6. The van der Waals surface area contributed by atoms with Gasteiger partial charge in [-0.15, -0.1) is 0 Å². The van der Waals surface area contributed by atoms with Crippen molar-refractivity contribution in [2.75, 3.05) is 32.6 Å². The summed E-state index contributed by atoms with van der Waals surface area (Å²) in [4.78, 5) is 12.2. The molecule has 0 bridgehead atoms. The standard InChI is InChI=1S/C16H21N3O5S/c1-11-15(25(21,22)19(2)3)10-14(24-11)16(20)18-12-4-6-13(7-5-12)23-9-8-17/h4-7,10H,8-9,17H2,1-3H3,(H,18,20). The number of ether oxygens (including phenoxy) is 1. The molecule has 1 aromatic carbocycles. The summed E-state index contributed by atoms with van der Waals surface area (Å²) in [6, 6.07) is 7.94. The molecule has 25 heavy (non-hydrogen) atoms. The van der Waals surface area contributed by atoms with Gasteiger partial charge in [-0.2, -0.15) is 0 Å². The molecule has 9 heteroatoms. The first-order valence-corrected chi connectivity index (χ1v) is 8.97. The highest BCUT2D eigenvalue weighted by Crippen LogP contribution is 2.23. The Kier molecular flexibility index (Phi) is 5.83. The van der Waals surface area contributed by atoms with Crippen LogP contribution in [0.3, 0.4) is 0 Å². The molecule has 1 aromatic heterocycles. The number of carbonyl (C=O) groups is 1. The Morgan fingerprint density at radius 2 is 1.92 bits per heavy atom. The summed E-state index contributed by atoms with van der Waals surface area (Å²) in [5, 5.41) is 2.64. The molecule has 0 radical (unpaired) electrons. The molecule has 136 valence electrons. The Balaban J connectivity index is 2.14. The van der Waals surface area contributed by atoms with Gasteiger partial charge in [0.1, 0.15) is 23.0 Å². The minimum absolute atomic E-state index is 0.0341. The summed E-state index contributed by atoms with van der Waals surface area (Å²) in [6.07, 6.45) is 0. The fraction of sp³-hybridized carbons (Fsp3) is 0.312. The van der Waals surface area contributed by atoms with Crippen LogP contribution in [0.1, 0.15) is 16.3 Å². The monoisotopic (exact) mass is 367 g/mol. The molecule has 0 aliphatic rings. The quantitative estimate of drug-likeness (QED) is 0.765. The van der Waals surface area contributed by atoms with Crippen molar-refractivity contribution in [3.05, 3.63) is 41.9 Å². The summed E-state index contributed by atoms with van der Waals surface area (Å²) in [7, 11) is -0.850. The van der Waals surface area contributed by atoms with Crippen LogP contribution in [-0.4, -0.2) is 45.9 Å². The van der Waals surface area contributed by atoms with E-state index in [9.17, 15) is 13.2 Å². The van der Waals surface area contributed by atoms with Crippen LogP contribution in [-0.2, 0) is 10.0 Å². The number of anilines is 1. The zero-order chi connectivity index (χ0) is 18.6. The number of furan rings is 1. The van der Waals surface area contributed by atoms with Crippen molar-refractivity contribution in [1.29, 1.82) is 0 Å². The zero-order valence-electron chi connectivity index (χ0n) is 14.3. The van der Waals surface area contributed by atoms with Crippen molar-refractivity contribution in [2.45, 2.75) is 11.8 Å². The Bertz CT molecular complexity index is 841. The third-order valence-electron chi connectivity index (χ3n) is 3.35. The Labute approximate surface area is 146 Å². The highest BCUT2D eigenvalue weighted by Gasteiger charge is 2.25. The minimum Gasteiger partial charge on any atom is -0.492 e. The van der Waals surface area contributed by atoms with Crippen molar-refractivity contribution in [3.8, 4) is 5.75 Å². The molecule has 0 fully saturated rings. The van der Waals surface area contributed by atoms with Crippen LogP contribution in [0.15, 0.2) is 39.6 Å². The first-order chi connectivity index (χ1) is 11.8. The minimum atomic E-state index is -3.67. The van der Waals surface area contributed by atoms with Gasteiger partial charge in [-0.25, -0.2) is 12.7 Å². The van der Waals surface area contributed by atoms with Crippen LogP contribution < -0.4 is 15.8 Å². The first kappa shape index (κ1) is 19.0. The molecule has 3 N–H and O–H groups in total. The average molecular weight is 367 g/mol. The second-order valence-corrected chi connectivity index (χ2v) is 7.55. The summed E-state index contributed by atoms with van der Waals surface area (Å²) in [6.45, 7) is 2.31. The number of nitrogens with zero attached hydrogens (tertiary/aromatic N) is 1. The van der Waals surface area contributed by atoms with Crippen LogP contribution in [0, 0.1) is 6.92 Å². The molecule has 0 unspecified atom stereocenters. The van der Waals surface area contributed by atoms with Gasteiger partial charge in [0.15, 0.2) is 5.76 Å². The Morgan fingerprint density at radius 3 is 2.48 bits per heavy atom. The topological polar surface area (TPSA) is 115 Å². The van der Waals surface area contributed by atoms with Crippen LogP contribution in [0.5, 0.6) is 5.75 Å². The zero-order valence-corrected chi connectivity index (χ0v) is 15.1. The van der Waals surface area contributed by atoms with Crippen LogP contribution in [0.4, 0.5) is 5.69 Å². The number of nitrogens with one attached hydrogen (secondary N) is 1. The van der Waals surface area contributed by atoms with E-state index in [2.05, 4.69) is 5.32 Å². The van der Waals surface area contributed by atoms with E-state index >= 15 is 0 Å². The number of sulfonamides is 1. The number of rotatable bonds is 7. The molecule has 0 aliphatic heterocycles. The predicted octanol–water partition coefficient (Wildman–Crippen LogP) is 1.43. The number of aryl methyl sites for hydroxylation is 1. The highest BCUT2D eigenvalue weighted by atomic mass is 32.2.